The summed E-state index contributed by atoms with van der Waals surface area (Å²) in [4.78, 5) is 4.03. The van der Waals surface area contributed by atoms with Crippen molar-refractivity contribution in [2.24, 2.45) is 0 Å². The minimum absolute atomic E-state index is 0.680. The van der Waals surface area contributed by atoms with Gasteiger partial charge in [-0.1, -0.05) is 17.7 Å². The highest BCUT2D eigenvalue weighted by atomic mass is 79.9. The second-order valence-electron chi connectivity index (χ2n) is 3.30. The van der Waals surface area contributed by atoms with Crippen molar-refractivity contribution in [3.05, 3.63) is 51.7 Å². The molecule has 0 atom stereocenters. The van der Waals surface area contributed by atoms with Crippen molar-refractivity contribution >= 4 is 27.5 Å². The van der Waals surface area contributed by atoms with Gasteiger partial charge in [0.25, 0.3) is 0 Å². The Hall–Kier alpha value is -1.06. The first-order valence-corrected chi connectivity index (χ1v) is 5.87. The van der Waals surface area contributed by atoms with Crippen LogP contribution in [0.5, 0.6) is 11.5 Å². The standard InChI is InChI=1S/C12H9BrClNO/c1-8-11(14)3-2-4-12(8)16-10-5-9(13)6-15-7-10/h2-7H,1H3. The van der Waals surface area contributed by atoms with Gasteiger partial charge in [0.15, 0.2) is 0 Å². The molecule has 1 heterocycles. The number of hydrogen-bond donors (Lipinski definition) is 0. The molecule has 16 heavy (non-hydrogen) atoms. The Morgan fingerprint density at radius 1 is 1.31 bits per heavy atom. The van der Waals surface area contributed by atoms with Crippen molar-refractivity contribution in [1.29, 1.82) is 0 Å². The Balaban J connectivity index is 2.31. The third-order valence-electron chi connectivity index (χ3n) is 2.13. The minimum Gasteiger partial charge on any atom is -0.455 e. The first-order valence-electron chi connectivity index (χ1n) is 4.70. The molecule has 0 bridgehead atoms. The molecule has 0 amide bonds. The summed E-state index contributed by atoms with van der Waals surface area (Å²) in [5.41, 5.74) is 0.921. The van der Waals surface area contributed by atoms with Gasteiger partial charge < -0.3 is 4.74 Å². The number of rotatable bonds is 2. The Kier molecular flexibility index (Phi) is 3.46. The van der Waals surface area contributed by atoms with E-state index in [-0.39, 0.29) is 0 Å². The summed E-state index contributed by atoms with van der Waals surface area (Å²) >= 11 is 9.35. The number of halogens is 2. The van der Waals surface area contributed by atoms with Gasteiger partial charge in [0.1, 0.15) is 11.5 Å². The molecule has 2 aromatic rings. The third kappa shape index (κ3) is 2.54. The van der Waals surface area contributed by atoms with Gasteiger partial charge in [-0.3, -0.25) is 4.98 Å². The zero-order chi connectivity index (χ0) is 11.5. The van der Waals surface area contributed by atoms with Gasteiger partial charge in [0, 0.05) is 21.3 Å². The van der Waals surface area contributed by atoms with E-state index in [0.29, 0.717) is 10.8 Å². The summed E-state index contributed by atoms with van der Waals surface area (Å²) in [6.45, 7) is 1.92. The van der Waals surface area contributed by atoms with Gasteiger partial charge in [-0.05, 0) is 41.1 Å². The maximum atomic E-state index is 6.01. The van der Waals surface area contributed by atoms with Crippen LogP contribution in [0.4, 0.5) is 0 Å². The lowest BCUT2D eigenvalue weighted by atomic mass is 10.2. The molecule has 1 aromatic carbocycles. The van der Waals surface area contributed by atoms with Crippen molar-refractivity contribution in [2.45, 2.75) is 6.92 Å². The van der Waals surface area contributed by atoms with Gasteiger partial charge >= 0.3 is 0 Å². The SMILES string of the molecule is Cc1c(Cl)cccc1Oc1cncc(Br)c1. The normalized spacial score (nSPS) is 10.2. The van der Waals surface area contributed by atoms with E-state index in [0.717, 1.165) is 15.8 Å². The molecule has 0 saturated heterocycles. The molecule has 4 heteroatoms. The highest BCUT2D eigenvalue weighted by Gasteiger charge is 2.04. The molecule has 0 aliphatic carbocycles. The van der Waals surface area contributed by atoms with Crippen LogP contribution in [-0.4, -0.2) is 4.98 Å². The van der Waals surface area contributed by atoms with Crippen molar-refractivity contribution < 1.29 is 4.74 Å². The quantitative estimate of drug-likeness (QED) is 0.808. The van der Waals surface area contributed by atoms with Crippen molar-refractivity contribution in [3.63, 3.8) is 0 Å². The highest BCUT2D eigenvalue weighted by molar-refractivity contribution is 9.10. The molecular formula is C12H9BrClNO. The van der Waals surface area contributed by atoms with Gasteiger partial charge in [-0.25, -0.2) is 0 Å². The fourth-order valence-electron chi connectivity index (χ4n) is 1.27. The Labute approximate surface area is 107 Å². The van der Waals surface area contributed by atoms with Gasteiger partial charge in [-0.2, -0.15) is 0 Å². The lowest BCUT2D eigenvalue weighted by Gasteiger charge is -2.09. The van der Waals surface area contributed by atoms with Crippen LogP contribution >= 0.6 is 27.5 Å². The van der Waals surface area contributed by atoms with E-state index in [2.05, 4.69) is 20.9 Å². The number of pyridine rings is 1. The number of hydrogen-bond acceptors (Lipinski definition) is 2. The van der Waals surface area contributed by atoms with Crippen LogP contribution in [0, 0.1) is 6.92 Å². The lowest BCUT2D eigenvalue weighted by Crippen LogP contribution is -1.88. The molecule has 0 radical (unpaired) electrons. The Morgan fingerprint density at radius 2 is 2.12 bits per heavy atom. The van der Waals surface area contributed by atoms with Crippen LogP contribution in [-0.2, 0) is 0 Å². The van der Waals surface area contributed by atoms with Crippen molar-refractivity contribution in [3.8, 4) is 11.5 Å². The summed E-state index contributed by atoms with van der Waals surface area (Å²) < 4.78 is 6.57. The van der Waals surface area contributed by atoms with E-state index in [9.17, 15) is 0 Å². The number of nitrogens with zero attached hydrogens (tertiary/aromatic N) is 1. The van der Waals surface area contributed by atoms with Crippen molar-refractivity contribution in [2.75, 3.05) is 0 Å². The van der Waals surface area contributed by atoms with E-state index >= 15 is 0 Å². The van der Waals surface area contributed by atoms with Crippen molar-refractivity contribution in [1.82, 2.24) is 4.98 Å². The first-order chi connectivity index (χ1) is 7.66. The summed E-state index contributed by atoms with van der Waals surface area (Å²) in [7, 11) is 0. The summed E-state index contributed by atoms with van der Waals surface area (Å²) in [6.07, 6.45) is 3.36. The largest absolute Gasteiger partial charge is 0.455 e. The molecule has 0 N–H and O–H groups in total. The summed E-state index contributed by atoms with van der Waals surface area (Å²) in [5, 5.41) is 0.695. The maximum absolute atomic E-state index is 6.01. The molecular weight excluding hydrogens is 289 g/mol. The van der Waals surface area contributed by atoms with Crippen LogP contribution in [0.2, 0.25) is 5.02 Å². The average molecular weight is 299 g/mol. The molecule has 2 rings (SSSR count). The van der Waals surface area contributed by atoms with E-state index in [1.165, 1.54) is 0 Å². The summed E-state index contributed by atoms with van der Waals surface area (Å²) in [5.74, 6) is 1.42. The fraction of sp³-hybridized carbons (Fsp3) is 0.0833. The fourth-order valence-corrected chi connectivity index (χ4v) is 1.78. The van der Waals surface area contributed by atoms with Gasteiger partial charge in [0.05, 0.1) is 6.20 Å². The molecule has 0 aliphatic heterocycles. The van der Waals surface area contributed by atoms with Crippen LogP contribution in [0.15, 0.2) is 41.1 Å². The molecule has 1 aromatic heterocycles. The van der Waals surface area contributed by atoms with E-state index in [4.69, 9.17) is 16.3 Å². The smallest absolute Gasteiger partial charge is 0.146 e. The number of ether oxygens (including phenoxy) is 1. The van der Waals surface area contributed by atoms with E-state index in [1.54, 1.807) is 12.4 Å². The highest BCUT2D eigenvalue weighted by Crippen LogP contribution is 2.29. The molecule has 0 unspecified atom stereocenters. The average Bonchev–Trinajstić information content (AvgIpc) is 2.25. The van der Waals surface area contributed by atoms with Crippen LogP contribution in [0.3, 0.4) is 0 Å². The molecule has 0 saturated carbocycles. The molecule has 82 valence electrons. The predicted octanol–water partition coefficient (Wildman–Crippen LogP) is 4.60. The summed E-state index contributed by atoms with van der Waals surface area (Å²) in [6, 6.07) is 7.43. The number of aromatic nitrogens is 1. The molecule has 0 spiro atoms. The van der Waals surface area contributed by atoms with Crippen LogP contribution in [0.25, 0.3) is 0 Å². The van der Waals surface area contributed by atoms with Gasteiger partial charge in [-0.15, -0.1) is 0 Å². The Bertz CT molecular complexity index is 516. The zero-order valence-electron chi connectivity index (χ0n) is 8.58. The monoisotopic (exact) mass is 297 g/mol. The minimum atomic E-state index is 0.680. The van der Waals surface area contributed by atoms with E-state index in [1.807, 2.05) is 31.2 Å². The maximum Gasteiger partial charge on any atom is 0.146 e. The second-order valence-corrected chi connectivity index (χ2v) is 4.63. The third-order valence-corrected chi connectivity index (χ3v) is 2.97. The number of benzene rings is 1. The topological polar surface area (TPSA) is 22.1 Å². The molecule has 0 fully saturated rings. The first kappa shape index (κ1) is 11.4. The predicted molar refractivity (Wildman–Crippen MR) is 68.2 cm³/mol. The van der Waals surface area contributed by atoms with Crippen LogP contribution < -0.4 is 4.74 Å². The van der Waals surface area contributed by atoms with E-state index < -0.39 is 0 Å². The van der Waals surface area contributed by atoms with Crippen LogP contribution in [0.1, 0.15) is 5.56 Å². The second kappa shape index (κ2) is 4.85. The lowest BCUT2D eigenvalue weighted by molar-refractivity contribution is 0.476. The Morgan fingerprint density at radius 3 is 2.88 bits per heavy atom. The zero-order valence-corrected chi connectivity index (χ0v) is 10.9. The molecule has 2 nitrogen and oxygen atoms in total. The molecule has 0 aliphatic rings. The van der Waals surface area contributed by atoms with Gasteiger partial charge in [0.2, 0.25) is 0 Å².